The smallest absolute Gasteiger partial charge is 0.237 e. The Hall–Kier alpha value is -3.19. The van der Waals surface area contributed by atoms with Gasteiger partial charge in [0, 0.05) is 29.9 Å². The number of hydrogen-bond acceptors (Lipinski definition) is 4. The Morgan fingerprint density at radius 3 is 2.41 bits per heavy atom. The number of fused-ring (bicyclic) bond motifs is 1. The molecule has 2 aromatic carbocycles. The Kier molecular flexibility index (Phi) is 6.02. The quantitative estimate of drug-likeness (QED) is 0.621. The zero-order valence-electron chi connectivity index (χ0n) is 19.1. The average molecular weight is 436 g/mol. The minimum Gasteiger partial charge on any atom is -0.340 e. The molecular formula is C25H30FN5O. The fraction of sp³-hybridized carbons (Fsp3) is 0.360. The van der Waals surface area contributed by atoms with Crippen molar-refractivity contribution in [1.29, 1.82) is 0 Å². The van der Waals surface area contributed by atoms with E-state index >= 15 is 0 Å². The van der Waals surface area contributed by atoms with Gasteiger partial charge in [-0.1, -0.05) is 17.7 Å². The number of halogens is 1. The lowest BCUT2D eigenvalue weighted by Gasteiger charge is -2.30. The molecule has 0 aliphatic carbocycles. The number of benzene rings is 2. The Balaban J connectivity index is 1.64. The zero-order chi connectivity index (χ0) is 22.9. The summed E-state index contributed by atoms with van der Waals surface area (Å²) in [5.74, 6) is 1.45. The molecule has 1 aromatic heterocycles. The van der Waals surface area contributed by atoms with Gasteiger partial charge in [0.05, 0.1) is 13.1 Å². The summed E-state index contributed by atoms with van der Waals surface area (Å²) >= 11 is 0. The van der Waals surface area contributed by atoms with Gasteiger partial charge in [-0.2, -0.15) is 0 Å². The minimum atomic E-state index is -0.283. The van der Waals surface area contributed by atoms with Crippen LogP contribution in [0.25, 0.3) is 11.3 Å². The third kappa shape index (κ3) is 4.99. The third-order valence-electron chi connectivity index (χ3n) is 5.53. The van der Waals surface area contributed by atoms with Crippen LogP contribution < -0.4 is 10.6 Å². The molecule has 3 aromatic rings. The SMILES string of the molecule is Cc1ccc(Nc2c(-c3ccc(F)cc3)nc3n2CCN(C(=O)CNC(C)(C)C)C3)cc1. The highest BCUT2D eigenvalue weighted by Gasteiger charge is 2.27. The summed E-state index contributed by atoms with van der Waals surface area (Å²) in [6.07, 6.45) is 0. The van der Waals surface area contributed by atoms with Crippen LogP contribution in [0.4, 0.5) is 15.9 Å². The van der Waals surface area contributed by atoms with Crippen LogP contribution in [0.5, 0.6) is 0 Å². The molecule has 1 amide bonds. The molecule has 0 saturated carbocycles. The second-order valence-electron chi connectivity index (χ2n) is 9.29. The topological polar surface area (TPSA) is 62.2 Å². The van der Waals surface area contributed by atoms with Crippen molar-refractivity contribution in [2.45, 2.75) is 46.3 Å². The van der Waals surface area contributed by atoms with Gasteiger partial charge in [-0.15, -0.1) is 0 Å². The second-order valence-corrected chi connectivity index (χ2v) is 9.29. The highest BCUT2D eigenvalue weighted by molar-refractivity contribution is 5.79. The van der Waals surface area contributed by atoms with Gasteiger partial charge >= 0.3 is 0 Å². The summed E-state index contributed by atoms with van der Waals surface area (Å²) in [5.41, 5.74) is 3.60. The van der Waals surface area contributed by atoms with Crippen LogP contribution in [-0.4, -0.2) is 39.0 Å². The summed E-state index contributed by atoms with van der Waals surface area (Å²) in [6, 6.07) is 14.5. The summed E-state index contributed by atoms with van der Waals surface area (Å²) < 4.78 is 15.6. The molecule has 0 fully saturated rings. The van der Waals surface area contributed by atoms with E-state index in [0.29, 0.717) is 26.2 Å². The fourth-order valence-electron chi connectivity index (χ4n) is 3.71. The van der Waals surface area contributed by atoms with Crippen molar-refractivity contribution < 1.29 is 9.18 Å². The van der Waals surface area contributed by atoms with Crippen molar-refractivity contribution in [2.24, 2.45) is 0 Å². The lowest BCUT2D eigenvalue weighted by molar-refractivity contribution is -0.132. The maximum absolute atomic E-state index is 13.5. The van der Waals surface area contributed by atoms with E-state index in [1.807, 2.05) is 37.8 Å². The monoisotopic (exact) mass is 435 g/mol. The number of aromatic nitrogens is 2. The van der Waals surface area contributed by atoms with Crippen LogP contribution in [0.3, 0.4) is 0 Å². The summed E-state index contributed by atoms with van der Waals surface area (Å²) in [7, 11) is 0. The van der Waals surface area contributed by atoms with Crippen molar-refractivity contribution in [3.05, 3.63) is 65.7 Å². The Labute approximate surface area is 188 Å². The van der Waals surface area contributed by atoms with Gasteiger partial charge in [-0.3, -0.25) is 4.79 Å². The molecule has 2 N–H and O–H groups in total. The highest BCUT2D eigenvalue weighted by atomic mass is 19.1. The molecule has 0 unspecified atom stereocenters. The number of carbonyl (C=O) groups is 1. The van der Waals surface area contributed by atoms with E-state index in [0.717, 1.165) is 28.6 Å². The normalized spacial score (nSPS) is 13.7. The molecule has 32 heavy (non-hydrogen) atoms. The van der Waals surface area contributed by atoms with Gasteiger partial charge in [0.2, 0.25) is 5.91 Å². The largest absolute Gasteiger partial charge is 0.340 e. The van der Waals surface area contributed by atoms with Gasteiger partial charge in [-0.25, -0.2) is 9.37 Å². The van der Waals surface area contributed by atoms with Crippen LogP contribution in [0.1, 0.15) is 32.2 Å². The first-order valence-electron chi connectivity index (χ1n) is 10.9. The van der Waals surface area contributed by atoms with E-state index < -0.39 is 0 Å². The highest BCUT2D eigenvalue weighted by Crippen LogP contribution is 2.33. The predicted octanol–water partition coefficient (Wildman–Crippen LogP) is 4.47. The van der Waals surface area contributed by atoms with Gasteiger partial charge in [-0.05, 0) is 64.1 Å². The molecule has 0 spiro atoms. The van der Waals surface area contributed by atoms with E-state index in [-0.39, 0.29) is 17.3 Å². The number of nitrogens with zero attached hydrogens (tertiary/aromatic N) is 3. The molecule has 168 valence electrons. The standard InChI is InChI=1S/C25H30FN5O/c1-17-5-11-20(12-6-17)28-24-23(18-7-9-19(26)10-8-18)29-21-16-30(13-14-31(21)24)22(32)15-27-25(2,3)4/h5-12,27-28H,13-16H2,1-4H3. The van der Waals surface area contributed by atoms with Gasteiger partial charge in [0.15, 0.2) is 0 Å². The van der Waals surface area contributed by atoms with Gasteiger partial charge in [0.1, 0.15) is 23.2 Å². The molecular weight excluding hydrogens is 405 g/mol. The number of imidazole rings is 1. The Morgan fingerprint density at radius 2 is 1.75 bits per heavy atom. The first-order valence-corrected chi connectivity index (χ1v) is 10.9. The number of rotatable bonds is 5. The molecule has 0 saturated heterocycles. The lowest BCUT2D eigenvalue weighted by Crippen LogP contribution is -2.47. The number of anilines is 2. The molecule has 2 heterocycles. The molecule has 0 bridgehead atoms. The van der Waals surface area contributed by atoms with E-state index in [4.69, 9.17) is 4.98 Å². The minimum absolute atomic E-state index is 0.0607. The van der Waals surface area contributed by atoms with Crippen LogP contribution in [-0.2, 0) is 17.9 Å². The summed E-state index contributed by atoms with van der Waals surface area (Å²) in [6.45, 7) is 10.2. The molecule has 4 rings (SSSR count). The van der Waals surface area contributed by atoms with Gasteiger partial charge in [0.25, 0.3) is 0 Å². The fourth-order valence-corrected chi connectivity index (χ4v) is 3.71. The average Bonchev–Trinajstić information content (AvgIpc) is 3.11. The molecule has 6 nitrogen and oxygen atoms in total. The summed E-state index contributed by atoms with van der Waals surface area (Å²) in [4.78, 5) is 19.5. The second kappa shape index (κ2) is 8.74. The molecule has 0 radical (unpaired) electrons. The number of amides is 1. The van der Waals surface area contributed by atoms with E-state index in [2.05, 4.69) is 34.3 Å². The molecule has 0 atom stereocenters. The molecule has 1 aliphatic heterocycles. The first kappa shape index (κ1) is 22.0. The maximum atomic E-state index is 13.5. The van der Waals surface area contributed by atoms with Crippen LogP contribution >= 0.6 is 0 Å². The third-order valence-corrected chi connectivity index (χ3v) is 5.53. The van der Waals surface area contributed by atoms with E-state index in [1.54, 1.807) is 12.1 Å². The van der Waals surface area contributed by atoms with Crippen molar-refractivity contribution in [1.82, 2.24) is 19.8 Å². The van der Waals surface area contributed by atoms with Crippen LogP contribution in [0, 0.1) is 12.7 Å². The molecule has 1 aliphatic rings. The van der Waals surface area contributed by atoms with Crippen molar-refractivity contribution in [2.75, 3.05) is 18.4 Å². The van der Waals surface area contributed by atoms with Crippen LogP contribution in [0.15, 0.2) is 48.5 Å². The first-order chi connectivity index (χ1) is 15.2. The number of aryl methyl sites for hydroxylation is 1. The zero-order valence-corrected chi connectivity index (χ0v) is 19.1. The Morgan fingerprint density at radius 1 is 1.06 bits per heavy atom. The predicted molar refractivity (Wildman–Crippen MR) is 125 cm³/mol. The van der Waals surface area contributed by atoms with E-state index in [9.17, 15) is 9.18 Å². The number of nitrogens with one attached hydrogen (secondary N) is 2. The van der Waals surface area contributed by atoms with Crippen molar-refractivity contribution >= 4 is 17.4 Å². The Bertz CT molecular complexity index is 1100. The number of carbonyl (C=O) groups excluding carboxylic acids is 1. The van der Waals surface area contributed by atoms with Gasteiger partial charge < -0.3 is 20.1 Å². The number of hydrogen-bond donors (Lipinski definition) is 2. The molecule has 7 heteroatoms. The van der Waals surface area contributed by atoms with Crippen molar-refractivity contribution in [3.63, 3.8) is 0 Å². The maximum Gasteiger partial charge on any atom is 0.237 e. The summed E-state index contributed by atoms with van der Waals surface area (Å²) in [5, 5.41) is 6.76. The van der Waals surface area contributed by atoms with Crippen LogP contribution in [0.2, 0.25) is 0 Å². The van der Waals surface area contributed by atoms with E-state index in [1.165, 1.54) is 17.7 Å². The van der Waals surface area contributed by atoms with Crippen molar-refractivity contribution in [3.8, 4) is 11.3 Å². The lowest BCUT2D eigenvalue weighted by atomic mass is 10.1.